The van der Waals surface area contributed by atoms with E-state index in [-0.39, 0.29) is 11.7 Å². The van der Waals surface area contributed by atoms with Gasteiger partial charge in [0.2, 0.25) is 5.91 Å². The van der Waals surface area contributed by atoms with Crippen LogP contribution >= 0.6 is 0 Å². The molecule has 1 heterocycles. The van der Waals surface area contributed by atoms with Gasteiger partial charge in [-0.2, -0.15) is 0 Å². The topological polar surface area (TPSA) is 41.6 Å². The molecule has 1 aromatic rings. The first-order valence-electron chi connectivity index (χ1n) is 5.45. The van der Waals surface area contributed by atoms with Gasteiger partial charge in [0.05, 0.1) is 7.11 Å². The van der Waals surface area contributed by atoms with E-state index in [9.17, 15) is 9.18 Å². The van der Waals surface area contributed by atoms with Crippen LogP contribution in [0.15, 0.2) is 18.2 Å². The van der Waals surface area contributed by atoms with Gasteiger partial charge in [0, 0.05) is 20.1 Å². The molecule has 17 heavy (non-hydrogen) atoms. The number of benzene rings is 1. The Morgan fingerprint density at radius 2 is 2.29 bits per heavy atom. The zero-order valence-corrected chi connectivity index (χ0v) is 9.87. The summed E-state index contributed by atoms with van der Waals surface area (Å²) in [6.07, 6.45) is 0. The van der Waals surface area contributed by atoms with Crippen molar-refractivity contribution in [2.75, 3.05) is 27.2 Å². The van der Waals surface area contributed by atoms with Gasteiger partial charge in [0.25, 0.3) is 0 Å². The van der Waals surface area contributed by atoms with Crippen LogP contribution < -0.4 is 10.1 Å². The summed E-state index contributed by atoms with van der Waals surface area (Å²) in [4.78, 5) is 13.5. The minimum absolute atomic E-state index is 0.0409. The lowest BCUT2D eigenvalue weighted by molar-refractivity contribution is -0.134. The SMILES string of the molecule is COc1ccc(C2NCCN(C)C2=O)cc1F. The van der Waals surface area contributed by atoms with E-state index in [2.05, 4.69) is 5.32 Å². The maximum absolute atomic E-state index is 13.6. The Labute approximate surface area is 99.4 Å². The standard InChI is InChI=1S/C12H15FN2O2/c1-15-6-5-14-11(12(15)16)8-3-4-10(17-2)9(13)7-8/h3-4,7,11,14H,5-6H2,1-2H3. The summed E-state index contributed by atoms with van der Waals surface area (Å²) >= 11 is 0. The maximum atomic E-state index is 13.6. The number of carbonyl (C=O) groups excluding carboxylic acids is 1. The summed E-state index contributed by atoms with van der Waals surface area (Å²) in [5.41, 5.74) is 0.625. The Bertz CT molecular complexity index is 437. The molecule has 0 bridgehead atoms. The first-order chi connectivity index (χ1) is 8.13. The Hall–Kier alpha value is -1.62. The lowest BCUT2D eigenvalue weighted by Gasteiger charge is -2.30. The zero-order valence-electron chi connectivity index (χ0n) is 9.87. The number of ether oxygens (including phenoxy) is 1. The maximum Gasteiger partial charge on any atom is 0.244 e. The fraction of sp³-hybridized carbons (Fsp3) is 0.417. The molecule has 1 aromatic carbocycles. The number of nitrogens with zero attached hydrogens (tertiary/aromatic N) is 1. The Balaban J connectivity index is 2.27. The summed E-state index contributed by atoms with van der Waals surface area (Å²) < 4.78 is 18.4. The third-order valence-corrected chi connectivity index (χ3v) is 2.93. The molecule has 0 aromatic heterocycles. The predicted molar refractivity (Wildman–Crippen MR) is 61.3 cm³/mol. The highest BCUT2D eigenvalue weighted by atomic mass is 19.1. The monoisotopic (exact) mass is 238 g/mol. The minimum Gasteiger partial charge on any atom is -0.494 e. The van der Waals surface area contributed by atoms with Gasteiger partial charge in [-0.3, -0.25) is 4.79 Å². The van der Waals surface area contributed by atoms with Crippen molar-refractivity contribution in [2.24, 2.45) is 0 Å². The van der Waals surface area contributed by atoms with Gasteiger partial charge in [-0.1, -0.05) is 6.07 Å². The Morgan fingerprint density at radius 3 is 2.94 bits per heavy atom. The number of methoxy groups -OCH3 is 1. The normalized spacial score (nSPS) is 20.5. The smallest absolute Gasteiger partial charge is 0.244 e. The molecule has 0 spiro atoms. The van der Waals surface area contributed by atoms with E-state index < -0.39 is 11.9 Å². The van der Waals surface area contributed by atoms with Crippen molar-refractivity contribution in [2.45, 2.75) is 6.04 Å². The average molecular weight is 238 g/mol. The Morgan fingerprint density at radius 1 is 1.53 bits per heavy atom. The van der Waals surface area contributed by atoms with Crippen LogP contribution in [0, 0.1) is 5.82 Å². The van der Waals surface area contributed by atoms with Crippen LogP contribution in [0.3, 0.4) is 0 Å². The number of amides is 1. The molecule has 0 aliphatic carbocycles. The first-order valence-corrected chi connectivity index (χ1v) is 5.45. The predicted octanol–water partition coefficient (Wildman–Crippen LogP) is 0.937. The summed E-state index contributed by atoms with van der Waals surface area (Å²) in [5.74, 6) is -0.306. The van der Waals surface area contributed by atoms with E-state index >= 15 is 0 Å². The highest BCUT2D eigenvalue weighted by Crippen LogP contribution is 2.24. The van der Waals surface area contributed by atoms with E-state index in [1.54, 1.807) is 18.0 Å². The van der Waals surface area contributed by atoms with Gasteiger partial charge in [-0.25, -0.2) is 4.39 Å². The number of likely N-dealkylation sites (N-methyl/N-ethyl adjacent to an activating group) is 1. The molecule has 1 N–H and O–H groups in total. The minimum atomic E-state index is -0.464. The zero-order chi connectivity index (χ0) is 12.4. The summed E-state index contributed by atoms with van der Waals surface area (Å²) in [6, 6.07) is 4.12. The Kier molecular flexibility index (Phi) is 3.28. The van der Waals surface area contributed by atoms with E-state index in [1.807, 2.05) is 0 Å². The summed E-state index contributed by atoms with van der Waals surface area (Å²) in [5, 5.41) is 3.08. The number of hydrogen-bond donors (Lipinski definition) is 1. The summed E-state index contributed by atoms with van der Waals surface area (Å²) in [6.45, 7) is 1.38. The number of halogens is 1. The lowest BCUT2D eigenvalue weighted by atomic mass is 10.0. The van der Waals surface area contributed by atoms with E-state index in [4.69, 9.17) is 4.74 Å². The van der Waals surface area contributed by atoms with Gasteiger partial charge in [-0.15, -0.1) is 0 Å². The first kappa shape index (κ1) is 11.9. The van der Waals surface area contributed by atoms with Crippen LogP contribution in [0.4, 0.5) is 4.39 Å². The van der Waals surface area contributed by atoms with Crippen molar-refractivity contribution in [3.05, 3.63) is 29.6 Å². The largest absolute Gasteiger partial charge is 0.494 e. The fourth-order valence-electron chi connectivity index (χ4n) is 1.92. The molecule has 0 radical (unpaired) electrons. The molecule has 1 unspecified atom stereocenters. The van der Waals surface area contributed by atoms with Gasteiger partial charge in [0.15, 0.2) is 11.6 Å². The van der Waals surface area contributed by atoms with Gasteiger partial charge in [-0.05, 0) is 17.7 Å². The van der Waals surface area contributed by atoms with E-state index in [1.165, 1.54) is 19.2 Å². The van der Waals surface area contributed by atoms with Crippen molar-refractivity contribution in [3.63, 3.8) is 0 Å². The van der Waals surface area contributed by atoms with Crippen LogP contribution in [-0.4, -0.2) is 38.1 Å². The molecule has 1 aliphatic heterocycles. The molecule has 1 atom stereocenters. The quantitative estimate of drug-likeness (QED) is 0.833. The molecule has 1 saturated heterocycles. The average Bonchev–Trinajstić information content (AvgIpc) is 2.32. The molecule has 92 valence electrons. The van der Waals surface area contributed by atoms with Crippen molar-refractivity contribution in [3.8, 4) is 5.75 Å². The van der Waals surface area contributed by atoms with Crippen LogP contribution in [-0.2, 0) is 4.79 Å². The van der Waals surface area contributed by atoms with Crippen molar-refractivity contribution in [1.82, 2.24) is 10.2 Å². The molecule has 1 amide bonds. The second kappa shape index (κ2) is 4.71. The second-order valence-corrected chi connectivity index (χ2v) is 4.04. The van der Waals surface area contributed by atoms with Crippen LogP contribution in [0.25, 0.3) is 0 Å². The second-order valence-electron chi connectivity index (χ2n) is 4.04. The lowest BCUT2D eigenvalue weighted by Crippen LogP contribution is -2.48. The highest BCUT2D eigenvalue weighted by Gasteiger charge is 2.27. The number of nitrogens with one attached hydrogen (secondary N) is 1. The molecular weight excluding hydrogens is 223 g/mol. The molecule has 4 nitrogen and oxygen atoms in total. The number of rotatable bonds is 2. The van der Waals surface area contributed by atoms with Gasteiger partial charge < -0.3 is 15.0 Å². The van der Waals surface area contributed by atoms with Crippen LogP contribution in [0.5, 0.6) is 5.75 Å². The van der Waals surface area contributed by atoms with Crippen molar-refractivity contribution < 1.29 is 13.9 Å². The molecule has 5 heteroatoms. The number of hydrogen-bond acceptors (Lipinski definition) is 3. The molecule has 1 aliphatic rings. The van der Waals surface area contributed by atoms with Crippen LogP contribution in [0.2, 0.25) is 0 Å². The summed E-state index contributed by atoms with van der Waals surface area (Å²) in [7, 11) is 3.16. The van der Waals surface area contributed by atoms with Gasteiger partial charge >= 0.3 is 0 Å². The molecular formula is C12H15FN2O2. The molecule has 1 fully saturated rings. The van der Waals surface area contributed by atoms with Gasteiger partial charge in [0.1, 0.15) is 6.04 Å². The fourth-order valence-corrected chi connectivity index (χ4v) is 1.92. The third-order valence-electron chi connectivity index (χ3n) is 2.93. The van der Waals surface area contributed by atoms with Crippen LogP contribution in [0.1, 0.15) is 11.6 Å². The third kappa shape index (κ3) is 2.24. The number of piperazine rings is 1. The van der Waals surface area contributed by atoms with E-state index in [0.717, 1.165) is 0 Å². The molecule has 0 saturated carbocycles. The van der Waals surface area contributed by atoms with Crippen molar-refractivity contribution >= 4 is 5.91 Å². The highest BCUT2D eigenvalue weighted by molar-refractivity contribution is 5.83. The molecule has 2 rings (SSSR count). The van der Waals surface area contributed by atoms with E-state index in [0.29, 0.717) is 18.7 Å². The number of carbonyl (C=O) groups is 1. The van der Waals surface area contributed by atoms with Crippen molar-refractivity contribution in [1.29, 1.82) is 0 Å².